The van der Waals surface area contributed by atoms with Crippen LogP contribution >= 0.6 is 0 Å². The number of ether oxygens (including phenoxy) is 2. The topological polar surface area (TPSA) is 77.6 Å². The lowest BCUT2D eigenvalue weighted by atomic mass is 10.1. The van der Waals surface area contributed by atoms with Crippen molar-refractivity contribution in [2.45, 2.75) is 25.4 Å². The Balaban J connectivity index is 1.78. The molecule has 21 heavy (non-hydrogen) atoms. The molecule has 1 aromatic carbocycles. The van der Waals surface area contributed by atoms with Gasteiger partial charge in [0.15, 0.2) is 11.5 Å². The normalized spacial score (nSPS) is 15.8. The van der Waals surface area contributed by atoms with Crippen LogP contribution in [0.3, 0.4) is 0 Å². The second-order valence-corrected chi connectivity index (χ2v) is 5.19. The smallest absolute Gasteiger partial charge is 0.229 e. The van der Waals surface area contributed by atoms with Crippen molar-refractivity contribution in [1.29, 1.82) is 0 Å². The summed E-state index contributed by atoms with van der Waals surface area (Å²) in [6, 6.07) is 5.43. The molecule has 2 aromatic rings. The molecule has 1 saturated carbocycles. The molecule has 0 amide bonds. The third kappa shape index (κ3) is 3.00. The van der Waals surface area contributed by atoms with Gasteiger partial charge in [-0.2, -0.15) is 4.98 Å². The lowest BCUT2D eigenvalue weighted by molar-refractivity contribution is 0.140. The summed E-state index contributed by atoms with van der Waals surface area (Å²) >= 11 is 0. The van der Waals surface area contributed by atoms with Gasteiger partial charge in [0.1, 0.15) is 0 Å². The fourth-order valence-corrected chi connectivity index (χ4v) is 2.26. The number of aliphatic hydroxyl groups excluding tert-OH is 1. The molecule has 1 aromatic heterocycles. The number of hydrogen-bond donors (Lipinski definition) is 1. The van der Waals surface area contributed by atoms with Crippen molar-refractivity contribution in [2.24, 2.45) is 5.92 Å². The van der Waals surface area contributed by atoms with Crippen LogP contribution in [0.4, 0.5) is 0 Å². The average Bonchev–Trinajstić information content (AvgIpc) is 3.27. The number of benzene rings is 1. The standard InChI is InChI=1S/C15H18N2O4/c1-19-12-6-5-10(7-13(12)20-2)15-16-14(21-17-15)8-11(18)9-3-4-9/h5-7,9,11,18H,3-4,8H2,1-2H3. The molecule has 0 bridgehead atoms. The third-order valence-corrected chi connectivity index (χ3v) is 3.66. The second-order valence-electron chi connectivity index (χ2n) is 5.19. The zero-order chi connectivity index (χ0) is 14.8. The van der Waals surface area contributed by atoms with Crippen LogP contribution in [0.1, 0.15) is 18.7 Å². The maximum absolute atomic E-state index is 9.91. The molecule has 1 aliphatic rings. The van der Waals surface area contributed by atoms with Crippen LogP contribution in [0.25, 0.3) is 11.4 Å². The molecule has 0 saturated heterocycles. The highest BCUT2D eigenvalue weighted by molar-refractivity contribution is 5.60. The molecular formula is C15H18N2O4. The fourth-order valence-electron chi connectivity index (χ4n) is 2.26. The molecule has 3 rings (SSSR count). The minimum absolute atomic E-state index is 0.385. The van der Waals surface area contributed by atoms with Gasteiger partial charge in [0.2, 0.25) is 11.7 Å². The summed E-state index contributed by atoms with van der Waals surface area (Å²) in [6.07, 6.45) is 2.18. The van der Waals surface area contributed by atoms with E-state index in [-0.39, 0.29) is 6.10 Å². The summed E-state index contributed by atoms with van der Waals surface area (Å²) in [5, 5.41) is 13.9. The van der Waals surface area contributed by atoms with Gasteiger partial charge in [-0.15, -0.1) is 0 Å². The lowest BCUT2D eigenvalue weighted by Crippen LogP contribution is -2.12. The molecule has 1 N–H and O–H groups in total. The van der Waals surface area contributed by atoms with Gasteiger partial charge in [-0.05, 0) is 37.0 Å². The first-order chi connectivity index (χ1) is 10.2. The van der Waals surface area contributed by atoms with E-state index in [0.717, 1.165) is 18.4 Å². The Labute approximate surface area is 122 Å². The van der Waals surface area contributed by atoms with Crippen molar-refractivity contribution in [3.05, 3.63) is 24.1 Å². The van der Waals surface area contributed by atoms with Gasteiger partial charge < -0.3 is 19.1 Å². The Kier molecular flexibility index (Phi) is 3.79. The SMILES string of the molecule is COc1ccc(-c2noc(CC(O)C3CC3)n2)cc1OC. The highest BCUT2D eigenvalue weighted by Crippen LogP contribution is 2.34. The minimum Gasteiger partial charge on any atom is -0.493 e. The number of aliphatic hydroxyl groups is 1. The first-order valence-electron chi connectivity index (χ1n) is 6.94. The summed E-state index contributed by atoms with van der Waals surface area (Å²) in [5.74, 6) is 2.59. The van der Waals surface area contributed by atoms with E-state index in [9.17, 15) is 5.11 Å². The monoisotopic (exact) mass is 290 g/mol. The molecular weight excluding hydrogens is 272 g/mol. The van der Waals surface area contributed by atoms with Gasteiger partial charge in [-0.25, -0.2) is 0 Å². The summed E-state index contributed by atoms with van der Waals surface area (Å²) in [6.45, 7) is 0. The maximum Gasteiger partial charge on any atom is 0.229 e. The van der Waals surface area contributed by atoms with Gasteiger partial charge >= 0.3 is 0 Å². The van der Waals surface area contributed by atoms with Crippen LogP contribution in [0.5, 0.6) is 11.5 Å². The van der Waals surface area contributed by atoms with Crippen LogP contribution in [0.15, 0.2) is 22.7 Å². The van der Waals surface area contributed by atoms with Crippen molar-refractivity contribution < 1.29 is 19.1 Å². The molecule has 1 atom stereocenters. The molecule has 1 aliphatic carbocycles. The predicted molar refractivity (Wildman–Crippen MR) is 75.3 cm³/mol. The fraction of sp³-hybridized carbons (Fsp3) is 0.467. The van der Waals surface area contributed by atoms with Crippen molar-refractivity contribution in [2.75, 3.05) is 14.2 Å². The van der Waals surface area contributed by atoms with E-state index in [2.05, 4.69) is 10.1 Å². The molecule has 0 spiro atoms. The van der Waals surface area contributed by atoms with Gasteiger partial charge in [-0.3, -0.25) is 0 Å². The van der Waals surface area contributed by atoms with Crippen LogP contribution in [-0.2, 0) is 6.42 Å². The molecule has 112 valence electrons. The summed E-state index contributed by atoms with van der Waals surface area (Å²) in [5.41, 5.74) is 0.781. The van der Waals surface area contributed by atoms with E-state index >= 15 is 0 Å². The highest BCUT2D eigenvalue weighted by Gasteiger charge is 2.31. The number of aromatic nitrogens is 2. The molecule has 6 nitrogen and oxygen atoms in total. The number of hydrogen-bond acceptors (Lipinski definition) is 6. The quantitative estimate of drug-likeness (QED) is 0.877. The van der Waals surface area contributed by atoms with Crippen LogP contribution in [0, 0.1) is 5.92 Å². The third-order valence-electron chi connectivity index (χ3n) is 3.66. The molecule has 6 heteroatoms. The molecule has 0 radical (unpaired) electrons. The van der Waals surface area contributed by atoms with Crippen molar-refractivity contribution in [1.82, 2.24) is 10.1 Å². The Bertz CT molecular complexity index is 622. The van der Waals surface area contributed by atoms with Crippen molar-refractivity contribution in [3.8, 4) is 22.9 Å². The van der Waals surface area contributed by atoms with Gasteiger partial charge in [0.25, 0.3) is 0 Å². The molecule has 0 aliphatic heterocycles. The zero-order valence-electron chi connectivity index (χ0n) is 12.1. The van der Waals surface area contributed by atoms with E-state index in [0.29, 0.717) is 35.6 Å². The number of nitrogens with zero attached hydrogens (tertiary/aromatic N) is 2. The van der Waals surface area contributed by atoms with Crippen molar-refractivity contribution in [3.63, 3.8) is 0 Å². The highest BCUT2D eigenvalue weighted by atomic mass is 16.5. The average molecular weight is 290 g/mol. The largest absolute Gasteiger partial charge is 0.493 e. The van der Waals surface area contributed by atoms with E-state index in [1.807, 2.05) is 6.07 Å². The summed E-state index contributed by atoms with van der Waals surface area (Å²) in [7, 11) is 3.17. The lowest BCUT2D eigenvalue weighted by Gasteiger charge is -2.07. The summed E-state index contributed by atoms with van der Waals surface area (Å²) in [4.78, 5) is 4.33. The molecule has 1 fully saturated rings. The Morgan fingerprint density at radius 3 is 2.71 bits per heavy atom. The van der Waals surface area contributed by atoms with E-state index in [1.165, 1.54) is 0 Å². The zero-order valence-corrected chi connectivity index (χ0v) is 12.1. The minimum atomic E-state index is -0.385. The van der Waals surface area contributed by atoms with Crippen LogP contribution in [0.2, 0.25) is 0 Å². The number of methoxy groups -OCH3 is 2. The Hall–Kier alpha value is -2.08. The van der Waals surface area contributed by atoms with Crippen molar-refractivity contribution >= 4 is 0 Å². The van der Waals surface area contributed by atoms with Crippen LogP contribution in [-0.4, -0.2) is 35.6 Å². The van der Waals surface area contributed by atoms with E-state index < -0.39 is 0 Å². The Morgan fingerprint density at radius 2 is 2.05 bits per heavy atom. The second kappa shape index (κ2) is 5.73. The van der Waals surface area contributed by atoms with E-state index in [4.69, 9.17) is 14.0 Å². The molecule has 1 heterocycles. The first kappa shape index (κ1) is 13.9. The maximum atomic E-state index is 9.91. The van der Waals surface area contributed by atoms with Gasteiger partial charge in [0.05, 0.1) is 26.7 Å². The van der Waals surface area contributed by atoms with Crippen LogP contribution < -0.4 is 9.47 Å². The van der Waals surface area contributed by atoms with Gasteiger partial charge in [-0.1, -0.05) is 5.16 Å². The Morgan fingerprint density at radius 1 is 1.29 bits per heavy atom. The molecule has 1 unspecified atom stereocenters. The van der Waals surface area contributed by atoms with E-state index in [1.54, 1.807) is 26.4 Å². The number of rotatable bonds is 6. The van der Waals surface area contributed by atoms with Gasteiger partial charge in [0, 0.05) is 5.56 Å². The first-order valence-corrected chi connectivity index (χ1v) is 6.94. The predicted octanol–water partition coefficient (Wildman–Crippen LogP) is 2.07. The summed E-state index contributed by atoms with van der Waals surface area (Å²) < 4.78 is 15.7.